The zero-order valence-electron chi connectivity index (χ0n) is 24.2. The van der Waals surface area contributed by atoms with Gasteiger partial charge in [0.2, 0.25) is 11.8 Å². The van der Waals surface area contributed by atoms with E-state index in [1.165, 1.54) is 53.4 Å². The lowest BCUT2D eigenvalue weighted by atomic mass is 10.0. The summed E-state index contributed by atoms with van der Waals surface area (Å²) in [6.45, 7) is 2.89. The van der Waals surface area contributed by atoms with E-state index in [0.29, 0.717) is 6.54 Å². The number of rotatable bonds is 12. The maximum atomic E-state index is 14.9. The Morgan fingerprint density at radius 1 is 0.886 bits per heavy atom. The smallest absolute Gasteiger partial charge is 0.264 e. The molecule has 11 heteroatoms. The minimum atomic E-state index is -4.32. The van der Waals surface area contributed by atoms with Crippen LogP contribution in [0.5, 0.6) is 0 Å². The number of amides is 2. The summed E-state index contributed by atoms with van der Waals surface area (Å²) in [6.07, 6.45) is 0.115. The van der Waals surface area contributed by atoms with Crippen molar-refractivity contribution in [3.05, 3.63) is 130 Å². The van der Waals surface area contributed by atoms with Crippen molar-refractivity contribution in [2.75, 3.05) is 17.4 Å². The molecule has 0 radical (unpaired) electrons. The summed E-state index contributed by atoms with van der Waals surface area (Å²) in [5, 5.41) is 3.07. The SMILES string of the molecule is CCNC(=O)[C@H](Cc1ccccc1)N(Cc1ccccc1F)C(=O)CN(c1ccc(Cl)c(Cl)c1)S(=O)(=O)c1ccc(C)cc1. The lowest BCUT2D eigenvalue weighted by Crippen LogP contribution is -2.53. The second kappa shape index (κ2) is 14.7. The molecule has 0 fully saturated rings. The number of sulfonamides is 1. The summed E-state index contributed by atoms with van der Waals surface area (Å²) in [7, 11) is -4.32. The largest absolute Gasteiger partial charge is 0.355 e. The Labute approximate surface area is 267 Å². The van der Waals surface area contributed by atoms with Crippen LogP contribution >= 0.6 is 23.2 Å². The van der Waals surface area contributed by atoms with E-state index in [2.05, 4.69) is 5.32 Å². The molecule has 44 heavy (non-hydrogen) atoms. The van der Waals surface area contributed by atoms with E-state index >= 15 is 0 Å². The average Bonchev–Trinajstić information content (AvgIpc) is 3.00. The normalized spacial score (nSPS) is 11.9. The van der Waals surface area contributed by atoms with Gasteiger partial charge in [0, 0.05) is 25.1 Å². The fraction of sp³-hybridized carbons (Fsp3) is 0.212. The quantitative estimate of drug-likeness (QED) is 0.191. The van der Waals surface area contributed by atoms with Crippen molar-refractivity contribution >= 4 is 50.7 Å². The number of anilines is 1. The van der Waals surface area contributed by atoms with Gasteiger partial charge in [-0.05, 0) is 55.8 Å². The number of nitrogens with zero attached hydrogens (tertiary/aromatic N) is 2. The van der Waals surface area contributed by atoms with E-state index in [4.69, 9.17) is 23.2 Å². The Balaban J connectivity index is 1.82. The van der Waals surface area contributed by atoms with Gasteiger partial charge >= 0.3 is 0 Å². The maximum Gasteiger partial charge on any atom is 0.264 e. The predicted octanol–water partition coefficient (Wildman–Crippen LogP) is 6.41. The first-order chi connectivity index (χ1) is 21.0. The van der Waals surface area contributed by atoms with Crippen LogP contribution in [0.25, 0.3) is 0 Å². The Kier molecular flexibility index (Phi) is 11.0. The minimum absolute atomic E-state index is 0.0489. The second-order valence-corrected chi connectivity index (χ2v) is 12.8. The van der Waals surface area contributed by atoms with E-state index in [1.54, 1.807) is 25.1 Å². The van der Waals surface area contributed by atoms with Crippen molar-refractivity contribution in [2.24, 2.45) is 0 Å². The van der Waals surface area contributed by atoms with Gasteiger partial charge in [0.15, 0.2) is 0 Å². The molecule has 1 N–H and O–H groups in total. The molecule has 1 atom stereocenters. The van der Waals surface area contributed by atoms with Crippen molar-refractivity contribution in [2.45, 2.75) is 37.8 Å². The summed E-state index contributed by atoms with van der Waals surface area (Å²) < 4.78 is 44.0. The second-order valence-electron chi connectivity index (χ2n) is 10.1. The van der Waals surface area contributed by atoms with Gasteiger partial charge < -0.3 is 10.2 Å². The van der Waals surface area contributed by atoms with E-state index < -0.39 is 40.2 Å². The van der Waals surface area contributed by atoms with E-state index in [-0.39, 0.29) is 39.2 Å². The third-order valence-electron chi connectivity index (χ3n) is 7.00. The van der Waals surface area contributed by atoms with Gasteiger partial charge in [-0.3, -0.25) is 13.9 Å². The number of aryl methyl sites for hydroxylation is 1. The van der Waals surface area contributed by atoms with Crippen LogP contribution in [0.15, 0.2) is 102 Å². The van der Waals surface area contributed by atoms with Crippen LogP contribution in [0.2, 0.25) is 10.0 Å². The lowest BCUT2D eigenvalue weighted by molar-refractivity contribution is -0.140. The number of hydrogen-bond donors (Lipinski definition) is 1. The highest BCUT2D eigenvalue weighted by Gasteiger charge is 2.35. The fourth-order valence-corrected chi connectivity index (χ4v) is 6.36. The Hall–Kier alpha value is -3.92. The first-order valence-electron chi connectivity index (χ1n) is 13.9. The predicted molar refractivity (Wildman–Crippen MR) is 172 cm³/mol. The third kappa shape index (κ3) is 7.96. The summed E-state index contributed by atoms with van der Waals surface area (Å²) >= 11 is 12.4. The van der Waals surface area contributed by atoms with E-state index in [1.807, 2.05) is 37.3 Å². The molecule has 4 aromatic carbocycles. The van der Waals surface area contributed by atoms with Gasteiger partial charge in [0.25, 0.3) is 10.0 Å². The van der Waals surface area contributed by atoms with Crippen LogP contribution in [0, 0.1) is 12.7 Å². The fourth-order valence-electron chi connectivity index (χ4n) is 4.66. The molecule has 0 saturated carbocycles. The summed E-state index contributed by atoms with van der Waals surface area (Å²) in [4.78, 5) is 29.0. The molecule has 7 nitrogen and oxygen atoms in total. The zero-order valence-corrected chi connectivity index (χ0v) is 26.5. The molecule has 0 aliphatic rings. The van der Waals surface area contributed by atoms with Crippen LogP contribution < -0.4 is 9.62 Å². The third-order valence-corrected chi connectivity index (χ3v) is 9.53. The number of halogens is 3. The monoisotopic (exact) mass is 655 g/mol. The molecule has 0 spiro atoms. The summed E-state index contributed by atoms with van der Waals surface area (Å²) in [5.74, 6) is -1.74. The van der Waals surface area contributed by atoms with E-state index in [9.17, 15) is 22.4 Å². The van der Waals surface area contributed by atoms with Crippen molar-refractivity contribution in [3.63, 3.8) is 0 Å². The first kappa shape index (κ1) is 33.0. The molecule has 0 bridgehead atoms. The highest BCUT2D eigenvalue weighted by Crippen LogP contribution is 2.31. The van der Waals surface area contributed by atoms with E-state index in [0.717, 1.165) is 15.4 Å². The van der Waals surface area contributed by atoms with Crippen molar-refractivity contribution < 1.29 is 22.4 Å². The van der Waals surface area contributed by atoms with Gasteiger partial charge in [-0.15, -0.1) is 0 Å². The Bertz CT molecular complexity index is 1720. The highest BCUT2D eigenvalue weighted by molar-refractivity contribution is 7.92. The molecule has 4 rings (SSSR count). The summed E-state index contributed by atoms with van der Waals surface area (Å²) in [6, 6.07) is 24.4. The molecular weight excluding hydrogens is 624 g/mol. The first-order valence-corrected chi connectivity index (χ1v) is 16.1. The molecule has 0 aliphatic heterocycles. The van der Waals surface area contributed by atoms with Crippen LogP contribution in [-0.2, 0) is 32.6 Å². The average molecular weight is 657 g/mol. The Morgan fingerprint density at radius 2 is 1.55 bits per heavy atom. The van der Waals surface area contributed by atoms with Crippen molar-refractivity contribution in [3.8, 4) is 0 Å². The topological polar surface area (TPSA) is 86.8 Å². The molecule has 0 unspecified atom stereocenters. The van der Waals surface area contributed by atoms with Crippen LogP contribution in [0.4, 0.5) is 10.1 Å². The van der Waals surface area contributed by atoms with Crippen molar-refractivity contribution in [1.29, 1.82) is 0 Å². The van der Waals surface area contributed by atoms with Gasteiger partial charge in [-0.1, -0.05) is 89.4 Å². The number of nitrogens with one attached hydrogen (secondary N) is 1. The molecule has 230 valence electrons. The van der Waals surface area contributed by atoms with Crippen molar-refractivity contribution in [1.82, 2.24) is 10.2 Å². The molecule has 0 saturated heterocycles. The number of benzene rings is 4. The zero-order chi connectivity index (χ0) is 31.9. The molecule has 0 aromatic heterocycles. The summed E-state index contributed by atoms with van der Waals surface area (Å²) in [5.41, 5.74) is 1.88. The van der Waals surface area contributed by atoms with Crippen LogP contribution in [-0.4, -0.2) is 44.3 Å². The number of carbonyl (C=O) groups is 2. The van der Waals surface area contributed by atoms with Gasteiger partial charge in [0.1, 0.15) is 18.4 Å². The molecule has 0 heterocycles. The standard InChI is InChI=1S/C33H32Cl2FN3O4S/c1-3-37-33(41)31(19-24-9-5-4-6-10-24)38(21-25-11-7-8-12-30(25)36)32(40)22-39(26-15-18-28(34)29(35)20-26)44(42,43)27-16-13-23(2)14-17-27/h4-18,20,31H,3,19,21-22H2,1-2H3,(H,37,41)/t31-/m0/s1. The number of carbonyl (C=O) groups excluding carboxylic acids is 2. The molecule has 2 amide bonds. The van der Waals surface area contributed by atoms with Crippen LogP contribution in [0.1, 0.15) is 23.6 Å². The molecule has 4 aromatic rings. The molecule has 0 aliphatic carbocycles. The van der Waals surface area contributed by atoms with Gasteiger partial charge in [-0.25, -0.2) is 12.8 Å². The van der Waals surface area contributed by atoms with Gasteiger partial charge in [0.05, 0.1) is 20.6 Å². The Morgan fingerprint density at radius 3 is 2.18 bits per heavy atom. The lowest BCUT2D eigenvalue weighted by Gasteiger charge is -2.34. The number of likely N-dealkylation sites (N-methyl/N-ethyl adjacent to an activating group) is 1. The number of hydrogen-bond acceptors (Lipinski definition) is 4. The van der Waals surface area contributed by atoms with Crippen LogP contribution in [0.3, 0.4) is 0 Å². The highest BCUT2D eigenvalue weighted by atomic mass is 35.5. The minimum Gasteiger partial charge on any atom is -0.355 e. The molecular formula is C33H32Cl2FN3O4S. The maximum absolute atomic E-state index is 14.9. The van der Waals surface area contributed by atoms with Gasteiger partial charge in [-0.2, -0.15) is 0 Å².